The molecule has 7 nitrogen and oxygen atoms in total. The highest BCUT2D eigenvalue weighted by atomic mass is 32.2. The van der Waals surface area contributed by atoms with Gasteiger partial charge in [-0.1, -0.05) is 24.3 Å². The molecule has 1 saturated heterocycles. The normalized spacial score (nSPS) is 20.5. The second-order valence-electron chi connectivity index (χ2n) is 8.46. The maximum Gasteiger partial charge on any atom is 0.418 e. The lowest BCUT2D eigenvalue weighted by Gasteiger charge is -2.32. The Morgan fingerprint density at radius 2 is 1.74 bits per heavy atom. The smallest absolute Gasteiger partial charge is 0.346 e. The zero-order valence-corrected chi connectivity index (χ0v) is 19.3. The molecule has 3 heterocycles. The van der Waals surface area contributed by atoms with E-state index in [2.05, 4.69) is 15.3 Å². The molecule has 1 aromatic heterocycles. The van der Waals surface area contributed by atoms with Gasteiger partial charge < -0.3 is 5.32 Å². The van der Waals surface area contributed by atoms with E-state index in [0.717, 1.165) is 18.9 Å². The van der Waals surface area contributed by atoms with E-state index >= 15 is 0 Å². The van der Waals surface area contributed by atoms with Crippen LogP contribution in [0.5, 0.6) is 0 Å². The van der Waals surface area contributed by atoms with Crippen molar-refractivity contribution in [2.75, 3.05) is 18.4 Å². The number of hydrogen-bond acceptors (Lipinski definition) is 6. The fourth-order valence-corrected chi connectivity index (χ4v) is 5.99. The average molecular weight is 502 g/mol. The number of hydrogen-bond donors (Lipinski definition) is 2. The van der Waals surface area contributed by atoms with E-state index < -0.39 is 27.4 Å². The topological polar surface area (TPSA) is 101 Å². The van der Waals surface area contributed by atoms with Gasteiger partial charge in [0, 0.05) is 36.1 Å². The first kappa shape index (κ1) is 23.5. The molecule has 5 rings (SSSR count). The Morgan fingerprint density at radius 1 is 1.03 bits per heavy atom. The minimum absolute atomic E-state index is 0.176. The van der Waals surface area contributed by atoms with Crippen LogP contribution in [0.15, 0.2) is 70.7 Å². The highest BCUT2D eigenvalue weighted by molar-refractivity contribution is 7.89. The van der Waals surface area contributed by atoms with Crippen molar-refractivity contribution in [1.29, 1.82) is 0 Å². The van der Waals surface area contributed by atoms with Gasteiger partial charge in [-0.3, -0.25) is 10.7 Å². The quantitative estimate of drug-likeness (QED) is 0.559. The van der Waals surface area contributed by atoms with Gasteiger partial charge >= 0.3 is 6.18 Å². The van der Waals surface area contributed by atoms with Crippen LogP contribution < -0.4 is 11.1 Å². The number of nitrogens with one attached hydrogen (secondary N) is 1. The second kappa shape index (κ2) is 8.43. The number of nitrogens with two attached hydrogens (primary N) is 1. The number of benzene rings is 2. The summed E-state index contributed by atoms with van der Waals surface area (Å²) in [6.45, 7) is 1.01. The van der Waals surface area contributed by atoms with Crippen LogP contribution in [0.3, 0.4) is 0 Å². The van der Waals surface area contributed by atoms with Gasteiger partial charge in [0.2, 0.25) is 10.0 Å². The van der Waals surface area contributed by atoms with Crippen molar-refractivity contribution >= 4 is 22.0 Å². The molecule has 3 N–H and O–H groups in total. The summed E-state index contributed by atoms with van der Waals surface area (Å²) in [6, 6.07) is 13.2. The van der Waals surface area contributed by atoms with Crippen LogP contribution >= 0.6 is 0 Å². The van der Waals surface area contributed by atoms with Crippen LogP contribution in [0.1, 0.15) is 29.5 Å². The number of alkyl halides is 3. The van der Waals surface area contributed by atoms with E-state index in [1.54, 1.807) is 24.3 Å². The molecule has 2 aliphatic heterocycles. The number of nitrogens with zero attached hydrogens (tertiary/aromatic N) is 3. The van der Waals surface area contributed by atoms with Crippen molar-refractivity contribution in [2.24, 2.45) is 10.7 Å². The van der Waals surface area contributed by atoms with Crippen LogP contribution in [0.25, 0.3) is 11.3 Å². The third-order valence-electron chi connectivity index (χ3n) is 6.30. The third kappa shape index (κ3) is 4.09. The molecule has 1 atom stereocenters. The number of pyridine rings is 1. The Kier molecular flexibility index (Phi) is 5.65. The molecule has 1 fully saturated rings. The number of anilines is 1. The Bertz CT molecular complexity index is 1400. The van der Waals surface area contributed by atoms with E-state index in [-0.39, 0.29) is 16.2 Å². The summed E-state index contributed by atoms with van der Waals surface area (Å²) in [5.74, 6) is 0. The monoisotopic (exact) mass is 501 g/mol. The molecule has 0 bridgehead atoms. The average Bonchev–Trinajstić information content (AvgIpc) is 3.40. The molecular weight excluding hydrogens is 479 g/mol. The molecule has 1 unspecified atom stereocenters. The first-order valence-electron chi connectivity index (χ1n) is 11.0. The standard InChI is InChI=1S/C24H22F3N5O2S/c25-24(26,27)20-4-3-11-29-22(20)16-5-10-19-21(14-16)30-15-31-23(19,28)17-6-8-18(9-7-17)35(33,34)32-12-1-2-13-32/h3-11,14-15H,1-2,12-13,28H2,(H,30,31). The Balaban J connectivity index is 1.51. The number of halogens is 3. The maximum atomic E-state index is 13.5. The fraction of sp³-hybridized carbons (Fsp3) is 0.250. The number of rotatable bonds is 4. The van der Waals surface area contributed by atoms with Crippen molar-refractivity contribution < 1.29 is 21.6 Å². The minimum Gasteiger partial charge on any atom is -0.346 e. The van der Waals surface area contributed by atoms with Crippen LogP contribution in [-0.2, 0) is 21.9 Å². The Labute approximate surface area is 200 Å². The summed E-state index contributed by atoms with van der Waals surface area (Å²) in [4.78, 5) is 8.51. The van der Waals surface area contributed by atoms with Crippen molar-refractivity contribution in [1.82, 2.24) is 9.29 Å². The molecular formula is C24H22F3N5O2S. The van der Waals surface area contributed by atoms with Crippen LogP contribution in [-0.4, -0.2) is 37.1 Å². The number of sulfonamides is 1. The molecule has 11 heteroatoms. The Hall–Kier alpha value is -3.28. The van der Waals surface area contributed by atoms with Gasteiger partial charge in [0.15, 0.2) is 5.66 Å². The molecule has 0 radical (unpaired) electrons. The first-order chi connectivity index (χ1) is 16.6. The maximum absolute atomic E-state index is 13.5. The minimum atomic E-state index is -4.55. The Morgan fingerprint density at radius 3 is 2.43 bits per heavy atom. The van der Waals surface area contributed by atoms with Gasteiger partial charge in [0.1, 0.15) is 0 Å². The lowest BCUT2D eigenvalue weighted by Crippen LogP contribution is -2.39. The van der Waals surface area contributed by atoms with Crippen LogP contribution in [0.2, 0.25) is 0 Å². The number of aromatic nitrogens is 1. The largest absolute Gasteiger partial charge is 0.418 e. The molecule has 35 heavy (non-hydrogen) atoms. The second-order valence-corrected chi connectivity index (χ2v) is 10.4. The molecule has 182 valence electrons. The zero-order chi connectivity index (χ0) is 24.8. The molecule has 0 amide bonds. The summed E-state index contributed by atoms with van der Waals surface area (Å²) >= 11 is 0. The van der Waals surface area contributed by atoms with E-state index in [9.17, 15) is 21.6 Å². The molecule has 2 aliphatic rings. The highest BCUT2D eigenvalue weighted by Gasteiger charge is 2.37. The van der Waals surface area contributed by atoms with Crippen LogP contribution in [0, 0.1) is 0 Å². The van der Waals surface area contributed by atoms with Gasteiger partial charge in [-0.15, -0.1) is 0 Å². The van der Waals surface area contributed by atoms with Crippen molar-refractivity contribution in [2.45, 2.75) is 29.6 Å². The van der Waals surface area contributed by atoms with Crippen molar-refractivity contribution in [3.63, 3.8) is 0 Å². The van der Waals surface area contributed by atoms with Crippen LogP contribution in [0.4, 0.5) is 18.9 Å². The SMILES string of the molecule is NC1(c2ccc(S(=O)(=O)N3CCCC3)cc2)N=CNc2cc(-c3ncccc3C(F)(F)F)ccc21. The summed E-state index contributed by atoms with van der Waals surface area (Å²) in [7, 11) is -3.58. The fourth-order valence-electron chi connectivity index (χ4n) is 4.47. The van der Waals surface area contributed by atoms with Crippen molar-refractivity contribution in [3.05, 3.63) is 77.5 Å². The lowest BCUT2D eigenvalue weighted by molar-refractivity contribution is -0.137. The molecule has 3 aromatic rings. The van der Waals surface area contributed by atoms with E-state index in [4.69, 9.17) is 5.73 Å². The number of aliphatic imine (C=N–C) groups is 1. The summed E-state index contributed by atoms with van der Waals surface area (Å²) in [5.41, 5.74) is 6.11. The molecule has 2 aromatic carbocycles. The predicted octanol–water partition coefficient (Wildman–Crippen LogP) is 4.17. The first-order valence-corrected chi connectivity index (χ1v) is 12.4. The van der Waals surface area contributed by atoms with E-state index in [0.29, 0.717) is 29.9 Å². The summed E-state index contributed by atoms with van der Waals surface area (Å²) in [5, 5.41) is 2.95. The lowest BCUT2D eigenvalue weighted by atomic mass is 9.89. The van der Waals surface area contributed by atoms with E-state index in [1.165, 1.54) is 41.1 Å². The van der Waals surface area contributed by atoms with E-state index in [1.807, 2.05) is 0 Å². The number of fused-ring (bicyclic) bond motifs is 1. The van der Waals surface area contributed by atoms with Gasteiger partial charge in [0.25, 0.3) is 0 Å². The summed E-state index contributed by atoms with van der Waals surface area (Å²) in [6.07, 6.45) is -0.184. The molecule has 0 saturated carbocycles. The van der Waals surface area contributed by atoms with Gasteiger partial charge in [-0.2, -0.15) is 17.5 Å². The van der Waals surface area contributed by atoms with Crippen molar-refractivity contribution in [3.8, 4) is 11.3 Å². The van der Waals surface area contributed by atoms with Gasteiger partial charge in [0.05, 0.1) is 22.5 Å². The predicted molar refractivity (Wildman–Crippen MR) is 126 cm³/mol. The van der Waals surface area contributed by atoms with Gasteiger partial charge in [-0.25, -0.2) is 13.4 Å². The highest BCUT2D eigenvalue weighted by Crippen LogP contribution is 2.41. The zero-order valence-electron chi connectivity index (χ0n) is 18.5. The van der Waals surface area contributed by atoms with Gasteiger partial charge in [-0.05, 0) is 48.7 Å². The third-order valence-corrected chi connectivity index (χ3v) is 8.22. The molecule has 0 aliphatic carbocycles. The summed E-state index contributed by atoms with van der Waals surface area (Å²) < 4.78 is 67.6. The molecule has 0 spiro atoms.